The van der Waals surface area contributed by atoms with Crippen LogP contribution >= 0.6 is 11.8 Å². The summed E-state index contributed by atoms with van der Waals surface area (Å²) in [5, 5.41) is 0.485. The summed E-state index contributed by atoms with van der Waals surface area (Å²) in [6, 6.07) is 5.64. The van der Waals surface area contributed by atoms with Gasteiger partial charge in [-0.3, -0.25) is 9.59 Å². The van der Waals surface area contributed by atoms with E-state index < -0.39 is 0 Å². The van der Waals surface area contributed by atoms with Gasteiger partial charge in [0, 0.05) is 49.1 Å². The van der Waals surface area contributed by atoms with Crippen molar-refractivity contribution in [2.24, 2.45) is 5.92 Å². The number of carbonyl (C=O) groups excluding carboxylic acids is 1. The zero-order valence-corrected chi connectivity index (χ0v) is 19.1. The number of rotatable bonds is 8. The molecule has 2 fully saturated rings. The fourth-order valence-electron chi connectivity index (χ4n) is 5.42. The van der Waals surface area contributed by atoms with E-state index in [4.69, 9.17) is 4.74 Å². The van der Waals surface area contributed by atoms with Gasteiger partial charge in [0.2, 0.25) is 0 Å². The first-order valence-electron chi connectivity index (χ1n) is 11.9. The Balaban J connectivity index is 1.27. The van der Waals surface area contributed by atoms with E-state index in [0.29, 0.717) is 23.5 Å². The standard InChI is InChI=1S/C24H36N2O3S/c1-2-3-13-30-22-9-5-4-8-21(22)29-24(28)11-12-25-15-18-14-19(17-25)20-7-6-10-23(27)26(20)16-18/h6-7,10,18-19,21-22H,2-5,8-9,11-17H2,1H3/t18-,19+,21-,22-/m0/s1. The number of piperidine rings is 1. The second-order valence-corrected chi connectivity index (χ2v) is 10.6. The third-order valence-corrected chi connectivity index (χ3v) is 8.43. The number of unbranched alkanes of at least 4 members (excludes halogenated alkanes) is 1. The molecule has 1 aromatic rings. The summed E-state index contributed by atoms with van der Waals surface area (Å²) in [6.07, 6.45) is 8.85. The van der Waals surface area contributed by atoms with Crippen molar-refractivity contribution in [1.82, 2.24) is 9.47 Å². The predicted octanol–water partition coefficient (Wildman–Crippen LogP) is 4.05. The van der Waals surface area contributed by atoms with Gasteiger partial charge in [0.05, 0.1) is 6.42 Å². The maximum absolute atomic E-state index is 12.6. The molecule has 0 spiro atoms. The molecule has 1 aliphatic carbocycles. The van der Waals surface area contributed by atoms with Crippen LogP contribution in [0.1, 0.15) is 69.9 Å². The number of esters is 1. The molecule has 1 aromatic heterocycles. The number of aromatic nitrogens is 1. The summed E-state index contributed by atoms with van der Waals surface area (Å²) >= 11 is 2.01. The monoisotopic (exact) mass is 432 g/mol. The largest absolute Gasteiger partial charge is 0.461 e. The Morgan fingerprint density at radius 1 is 1.20 bits per heavy atom. The van der Waals surface area contributed by atoms with Crippen molar-refractivity contribution in [3.63, 3.8) is 0 Å². The lowest BCUT2D eigenvalue weighted by Crippen LogP contribution is -2.47. The minimum atomic E-state index is -0.0321. The zero-order chi connectivity index (χ0) is 20.9. The fraction of sp³-hybridized carbons (Fsp3) is 0.750. The molecular weight excluding hydrogens is 396 g/mol. The first kappa shape index (κ1) is 21.9. The molecule has 0 amide bonds. The van der Waals surface area contributed by atoms with E-state index in [2.05, 4.69) is 17.9 Å². The summed E-state index contributed by atoms with van der Waals surface area (Å²) in [5.41, 5.74) is 1.29. The first-order valence-corrected chi connectivity index (χ1v) is 12.9. The van der Waals surface area contributed by atoms with E-state index in [-0.39, 0.29) is 17.6 Å². The Hall–Kier alpha value is -1.27. The molecule has 3 aliphatic rings. The number of carbonyl (C=O) groups is 1. The van der Waals surface area contributed by atoms with Crippen LogP contribution in [-0.2, 0) is 16.1 Å². The van der Waals surface area contributed by atoms with Crippen LogP contribution in [0.4, 0.5) is 0 Å². The quantitative estimate of drug-likeness (QED) is 0.458. The van der Waals surface area contributed by atoms with E-state index in [0.717, 1.165) is 39.0 Å². The number of fused-ring (bicyclic) bond motifs is 4. The summed E-state index contributed by atoms with van der Waals surface area (Å²) in [7, 11) is 0. The van der Waals surface area contributed by atoms with Gasteiger partial charge in [-0.1, -0.05) is 25.8 Å². The van der Waals surface area contributed by atoms with Crippen molar-refractivity contribution >= 4 is 17.7 Å². The Morgan fingerprint density at radius 2 is 2.07 bits per heavy atom. The Morgan fingerprint density at radius 3 is 2.93 bits per heavy atom. The average molecular weight is 433 g/mol. The summed E-state index contributed by atoms with van der Waals surface area (Å²) in [4.78, 5) is 27.2. The van der Waals surface area contributed by atoms with Crippen molar-refractivity contribution in [3.05, 3.63) is 34.2 Å². The van der Waals surface area contributed by atoms with Gasteiger partial charge in [-0.2, -0.15) is 11.8 Å². The highest BCUT2D eigenvalue weighted by molar-refractivity contribution is 7.99. The minimum Gasteiger partial charge on any atom is -0.461 e. The highest BCUT2D eigenvalue weighted by atomic mass is 32.2. The van der Waals surface area contributed by atoms with Gasteiger partial charge >= 0.3 is 5.97 Å². The Labute approximate surface area is 184 Å². The van der Waals surface area contributed by atoms with E-state index in [1.54, 1.807) is 6.07 Å². The molecule has 4 rings (SSSR count). The molecule has 0 radical (unpaired) electrons. The molecule has 2 bridgehead atoms. The third kappa shape index (κ3) is 5.31. The molecular formula is C24H36N2O3S. The molecule has 0 N–H and O–H groups in total. The molecule has 2 aliphatic heterocycles. The molecule has 166 valence electrons. The van der Waals surface area contributed by atoms with Crippen LogP contribution in [0.15, 0.2) is 23.0 Å². The molecule has 1 saturated heterocycles. The van der Waals surface area contributed by atoms with Gasteiger partial charge < -0.3 is 14.2 Å². The molecule has 0 unspecified atom stereocenters. The highest BCUT2D eigenvalue weighted by Gasteiger charge is 2.35. The molecule has 1 saturated carbocycles. The SMILES string of the molecule is CCCCS[C@H]1CCCC[C@@H]1OC(=O)CCN1C[C@@H]2C[C@H](C1)c1cccc(=O)n1C2. The number of thioether (sulfide) groups is 1. The fourth-order valence-corrected chi connectivity index (χ4v) is 6.92. The van der Waals surface area contributed by atoms with Crippen LogP contribution < -0.4 is 5.56 Å². The summed E-state index contributed by atoms with van der Waals surface area (Å²) in [6.45, 7) is 5.72. The number of likely N-dealkylation sites (tertiary alicyclic amines) is 1. The van der Waals surface area contributed by atoms with Gasteiger partial charge in [-0.25, -0.2) is 0 Å². The summed E-state index contributed by atoms with van der Waals surface area (Å²) < 4.78 is 7.92. The van der Waals surface area contributed by atoms with Crippen LogP contribution in [0.3, 0.4) is 0 Å². The second kappa shape index (κ2) is 10.4. The van der Waals surface area contributed by atoms with Crippen LogP contribution in [0.5, 0.6) is 0 Å². The van der Waals surface area contributed by atoms with E-state index in [1.807, 2.05) is 22.4 Å². The minimum absolute atomic E-state index is 0.0321. The van der Waals surface area contributed by atoms with E-state index in [9.17, 15) is 9.59 Å². The van der Waals surface area contributed by atoms with Gasteiger partial charge in [0.25, 0.3) is 5.56 Å². The van der Waals surface area contributed by atoms with Crippen molar-refractivity contribution in [1.29, 1.82) is 0 Å². The third-order valence-electron chi connectivity index (χ3n) is 6.94. The maximum Gasteiger partial charge on any atom is 0.307 e. The molecule has 5 nitrogen and oxygen atoms in total. The number of ether oxygens (including phenoxy) is 1. The van der Waals surface area contributed by atoms with Crippen molar-refractivity contribution in [2.75, 3.05) is 25.4 Å². The van der Waals surface area contributed by atoms with Crippen LogP contribution in [0.2, 0.25) is 0 Å². The summed E-state index contributed by atoms with van der Waals surface area (Å²) in [5.74, 6) is 2.05. The average Bonchev–Trinajstić information content (AvgIpc) is 2.74. The van der Waals surface area contributed by atoms with Gasteiger partial charge in [0.1, 0.15) is 6.10 Å². The Kier molecular flexibility index (Phi) is 7.58. The lowest BCUT2D eigenvalue weighted by atomic mass is 9.83. The number of nitrogens with zero attached hydrogens (tertiary/aromatic N) is 2. The Bertz CT molecular complexity index is 780. The van der Waals surface area contributed by atoms with Gasteiger partial charge in [-0.15, -0.1) is 0 Å². The van der Waals surface area contributed by atoms with Crippen LogP contribution in [0, 0.1) is 5.92 Å². The van der Waals surface area contributed by atoms with E-state index in [1.165, 1.54) is 43.6 Å². The smallest absolute Gasteiger partial charge is 0.307 e. The zero-order valence-electron chi connectivity index (χ0n) is 18.3. The highest BCUT2D eigenvalue weighted by Crippen LogP contribution is 2.35. The number of hydrogen-bond donors (Lipinski definition) is 0. The normalized spacial score (nSPS) is 28.7. The molecule has 4 atom stereocenters. The topological polar surface area (TPSA) is 51.5 Å². The molecule has 30 heavy (non-hydrogen) atoms. The first-order chi connectivity index (χ1) is 14.6. The van der Waals surface area contributed by atoms with Crippen molar-refractivity contribution < 1.29 is 9.53 Å². The lowest BCUT2D eigenvalue weighted by Gasteiger charge is -2.42. The number of pyridine rings is 1. The lowest BCUT2D eigenvalue weighted by molar-refractivity contribution is -0.150. The van der Waals surface area contributed by atoms with Gasteiger partial charge in [-0.05, 0) is 49.8 Å². The van der Waals surface area contributed by atoms with Crippen LogP contribution in [0.25, 0.3) is 0 Å². The number of hydrogen-bond acceptors (Lipinski definition) is 5. The second-order valence-electron chi connectivity index (χ2n) is 9.28. The van der Waals surface area contributed by atoms with Crippen molar-refractivity contribution in [2.45, 2.75) is 82.1 Å². The van der Waals surface area contributed by atoms with Crippen LogP contribution in [-0.4, -0.2) is 52.2 Å². The maximum atomic E-state index is 12.6. The van der Waals surface area contributed by atoms with Gasteiger partial charge in [0.15, 0.2) is 0 Å². The molecule has 6 heteroatoms. The molecule has 0 aromatic carbocycles. The predicted molar refractivity (Wildman–Crippen MR) is 122 cm³/mol. The van der Waals surface area contributed by atoms with Crippen molar-refractivity contribution in [3.8, 4) is 0 Å². The van der Waals surface area contributed by atoms with E-state index >= 15 is 0 Å². The molecule has 3 heterocycles.